The molecule has 0 bridgehead atoms. The zero-order valence-electron chi connectivity index (χ0n) is 11.3. The van der Waals surface area contributed by atoms with Crippen LogP contribution in [0.25, 0.3) is 0 Å². The molecular formula is C14H24N2O. The minimum Gasteiger partial charge on any atom is -0.395 e. The van der Waals surface area contributed by atoms with Crippen molar-refractivity contribution in [3.8, 4) is 0 Å². The van der Waals surface area contributed by atoms with Gasteiger partial charge in [0.1, 0.15) is 0 Å². The zero-order valence-corrected chi connectivity index (χ0v) is 11.3. The monoisotopic (exact) mass is 236 g/mol. The quantitative estimate of drug-likeness (QED) is 0.794. The summed E-state index contributed by atoms with van der Waals surface area (Å²) in [7, 11) is 4.07. The summed E-state index contributed by atoms with van der Waals surface area (Å²) in [5.41, 5.74) is 2.46. The van der Waals surface area contributed by atoms with Crippen LogP contribution in [0.4, 0.5) is 5.69 Å². The molecule has 1 unspecified atom stereocenters. The molecular weight excluding hydrogens is 212 g/mol. The van der Waals surface area contributed by atoms with Gasteiger partial charge >= 0.3 is 0 Å². The second-order valence-corrected chi connectivity index (χ2v) is 4.66. The summed E-state index contributed by atoms with van der Waals surface area (Å²) in [6, 6.07) is 8.96. The molecule has 0 spiro atoms. The van der Waals surface area contributed by atoms with E-state index in [4.69, 9.17) is 5.11 Å². The van der Waals surface area contributed by atoms with Crippen LogP contribution in [-0.4, -0.2) is 31.9 Å². The first kappa shape index (κ1) is 14.0. The number of aliphatic hydroxyl groups is 1. The van der Waals surface area contributed by atoms with Crippen LogP contribution in [0.5, 0.6) is 0 Å². The van der Waals surface area contributed by atoms with Crippen LogP contribution < -0.4 is 10.2 Å². The molecule has 0 aliphatic heterocycles. The Hall–Kier alpha value is -1.06. The minimum atomic E-state index is 0.179. The first-order valence-corrected chi connectivity index (χ1v) is 6.22. The highest BCUT2D eigenvalue weighted by Gasteiger charge is 2.10. The lowest BCUT2D eigenvalue weighted by Gasteiger charge is -2.21. The number of aliphatic hydroxyl groups excluding tert-OH is 1. The van der Waals surface area contributed by atoms with Crippen molar-refractivity contribution < 1.29 is 5.11 Å². The van der Waals surface area contributed by atoms with Gasteiger partial charge in [0.15, 0.2) is 0 Å². The fourth-order valence-electron chi connectivity index (χ4n) is 1.81. The third-order valence-corrected chi connectivity index (χ3v) is 3.11. The lowest BCUT2D eigenvalue weighted by Crippen LogP contribution is -2.33. The van der Waals surface area contributed by atoms with Gasteiger partial charge in [-0.2, -0.15) is 0 Å². The Morgan fingerprint density at radius 1 is 1.24 bits per heavy atom. The van der Waals surface area contributed by atoms with Gasteiger partial charge < -0.3 is 15.3 Å². The molecule has 1 rings (SSSR count). The number of hydrogen-bond acceptors (Lipinski definition) is 3. The summed E-state index contributed by atoms with van der Waals surface area (Å²) in [6.45, 7) is 4.40. The molecule has 0 radical (unpaired) electrons. The topological polar surface area (TPSA) is 35.5 Å². The summed E-state index contributed by atoms with van der Waals surface area (Å²) in [5, 5.41) is 12.6. The van der Waals surface area contributed by atoms with Crippen LogP contribution in [0, 0.1) is 0 Å². The lowest BCUT2D eigenvalue weighted by molar-refractivity contribution is 0.230. The van der Waals surface area contributed by atoms with E-state index >= 15 is 0 Å². The summed E-state index contributed by atoms with van der Waals surface area (Å²) >= 11 is 0. The van der Waals surface area contributed by atoms with Crippen molar-refractivity contribution in [3.63, 3.8) is 0 Å². The van der Waals surface area contributed by atoms with Crippen LogP contribution in [0.15, 0.2) is 24.3 Å². The van der Waals surface area contributed by atoms with Crippen LogP contribution in [0.1, 0.15) is 31.9 Å². The van der Waals surface area contributed by atoms with E-state index < -0.39 is 0 Å². The fourth-order valence-corrected chi connectivity index (χ4v) is 1.81. The Morgan fingerprint density at radius 2 is 1.82 bits per heavy atom. The predicted octanol–water partition coefficient (Wildman–Crippen LogP) is 2.17. The maximum Gasteiger partial charge on any atom is 0.0584 e. The van der Waals surface area contributed by atoms with Gasteiger partial charge in [-0.15, -0.1) is 0 Å². The molecule has 1 aromatic carbocycles. The number of anilines is 1. The van der Waals surface area contributed by atoms with Gasteiger partial charge in [0, 0.05) is 31.9 Å². The molecule has 0 amide bonds. The van der Waals surface area contributed by atoms with E-state index in [2.05, 4.69) is 48.3 Å². The number of benzene rings is 1. The van der Waals surface area contributed by atoms with Gasteiger partial charge in [-0.05, 0) is 31.0 Å². The lowest BCUT2D eigenvalue weighted by atomic mass is 10.1. The molecule has 1 aromatic rings. The van der Waals surface area contributed by atoms with Crippen molar-refractivity contribution in [3.05, 3.63) is 29.8 Å². The summed E-state index contributed by atoms with van der Waals surface area (Å²) in [5.74, 6) is 0. The van der Waals surface area contributed by atoms with E-state index in [0.717, 1.165) is 6.42 Å². The van der Waals surface area contributed by atoms with E-state index in [1.165, 1.54) is 11.3 Å². The second kappa shape index (κ2) is 6.62. The Labute approximate surface area is 104 Å². The normalized spacial score (nSPS) is 14.4. The maximum absolute atomic E-state index is 9.17. The van der Waals surface area contributed by atoms with E-state index in [1.54, 1.807) is 0 Å². The molecule has 3 heteroatoms. The molecule has 0 aliphatic rings. The van der Waals surface area contributed by atoms with E-state index in [9.17, 15) is 0 Å². The minimum absolute atomic E-state index is 0.179. The largest absolute Gasteiger partial charge is 0.395 e. The molecule has 0 saturated carbocycles. The van der Waals surface area contributed by atoms with Gasteiger partial charge in [0.25, 0.3) is 0 Å². The standard InChI is InChI=1S/C14H24N2O/c1-5-13(10-17)15-11(2)12-6-8-14(9-7-12)16(3)4/h6-9,11,13,15,17H,5,10H2,1-4H3/t11?,13-/m1/s1. The molecule has 0 aromatic heterocycles. The molecule has 96 valence electrons. The smallest absolute Gasteiger partial charge is 0.0584 e. The van der Waals surface area contributed by atoms with Crippen molar-refractivity contribution >= 4 is 5.69 Å². The van der Waals surface area contributed by atoms with Gasteiger partial charge in [-0.25, -0.2) is 0 Å². The van der Waals surface area contributed by atoms with Crippen LogP contribution in [-0.2, 0) is 0 Å². The van der Waals surface area contributed by atoms with Crippen molar-refractivity contribution in [2.45, 2.75) is 32.4 Å². The Balaban J connectivity index is 2.66. The molecule has 3 nitrogen and oxygen atoms in total. The first-order valence-electron chi connectivity index (χ1n) is 6.22. The third kappa shape index (κ3) is 4.02. The Morgan fingerprint density at radius 3 is 2.24 bits per heavy atom. The Bertz CT molecular complexity index is 317. The summed E-state index contributed by atoms with van der Waals surface area (Å²) in [6.07, 6.45) is 0.941. The molecule has 0 aliphatic carbocycles. The number of hydrogen-bond donors (Lipinski definition) is 2. The second-order valence-electron chi connectivity index (χ2n) is 4.66. The highest BCUT2D eigenvalue weighted by molar-refractivity contribution is 5.46. The van der Waals surface area contributed by atoms with Crippen molar-refractivity contribution in [2.24, 2.45) is 0 Å². The predicted molar refractivity (Wildman–Crippen MR) is 73.5 cm³/mol. The van der Waals surface area contributed by atoms with E-state index in [1.807, 2.05) is 14.1 Å². The van der Waals surface area contributed by atoms with Crippen molar-refractivity contribution in [2.75, 3.05) is 25.6 Å². The highest BCUT2D eigenvalue weighted by Crippen LogP contribution is 2.18. The SMILES string of the molecule is CC[C@H](CO)NC(C)c1ccc(N(C)C)cc1. The third-order valence-electron chi connectivity index (χ3n) is 3.11. The van der Waals surface area contributed by atoms with Crippen LogP contribution in [0.2, 0.25) is 0 Å². The van der Waals surface area contributed by atoms with Crippen molar-refractivity contribution in [1.29, 1.82) is 0 Å². The molecule has 0 fully saturated rings. The average Bonchev–Trinajstić information content (AvgIpc) is 2.35. The number of nitrogens with one attached hydrogen (secondary N) is 1. The van der Waals surface area contributed by atoms with E-state index in [0.29, 0.717) is 0 Å². The molecule has 0 heterocycles. The first-order chi connectivity index (χ1) is 8.08. The van der Waals surface area contributed by atoms with Gasteiger partial charge in [-0.1, -0.05) is 19.1 Å². The van der Waals surface area contributed by atoms with Crippen LogP contribution >= 0.6 is 0 Å². The Kier molecular flexibility index (Phi) is 5.45. The fraction of sp³-hybridized carbons (Fsp3) is 0.571. The molecule has 17 heavy (non-hydrogen) atoms. The number of rotatable bonds is 6. The maximum atomic E-state index is 9.17. The van der Waals surface area contributed by atoms with Crippen molar-refractivity contribution in [1.82, 2.24) is 5.32 Å². The number of nitrogens with zero attached hydrogens (tertiary/aromatic N) is 1. The van der Waals surface area contributed by atoms with Crippen LogP contribution in [0.3, 0.4) is 0 Å². The highest BCUT2D eigenvalue weighted by atomic mass is 16.3. The summed E-state index contributed by atoms with van der Waals surface area (Å²) < 4.78 is 0. The summed E-state index contributed by atoms with van der Waals surface area (Å²) in [4.78, 5) is 2.09. The molecule has 0 saturated heterocycles. The average molecular weight is 236 g/mol. The van der Waals surface area contributed by atoms with Gasteiger partial charge in [0.05, 0.1) is 6.61 Å². The molecule has 2 atom stereocenters. The zero-order chi connectivity index (χ0) is 12.8. The molecule has 2 N–H and O–H groups in total. The van der Waals surface area contributed by atoms with E-state index in [-0.39, 0.29) is 18.7 Å². The van der Waals surface area contributed by atoms with Gasteiger partial charge in [0.2, 0.25) is 0 Å². The van der Waals surface area contributed by atoms with Gasteiger partial charge in [-0.3, -0.25) is 0 Å².